The minimum Gasteiger partial charge on any atom is -0.454 e. The van der Waals surface area contributed by atoms with Crippen molar-refractivity contribution >= 4 is 34.1 Å². The summed E-state index contributed by atoms with van der Waals surface area (Å²) in [5.74, 6) is -0.795. The van der Waals surface area contributed by atoms with Gasteiger partial charge in [-0.3, -0.25) is 4.79 Å². The number of fused-ring (bicyclic) bond motifs is 1. The molecule has 5 nitrogen and oxygen atoms in total. The van der Waals surface area contributed by atoms with Crippen molar-refractivity contribution in [3.8, 4) is 22.5 Å². The molecular weight excluding hydrogens is 456 g/mol. The minimum absolute atomic E-state index is 0.224. The van der Waals surface area contributed by atoms with Crippen LogP contribution in [0.25, 0.3) is 33.5 Å². The normalized spacial score (nSPS) is 10.9. The monoisotopic (exact) mass is 478 g/mol. The first kappa shape index (κ1) is 22.6. The number of hydrogen-bond acceptors (Lipinski definition) is 6. The van der Waals surface area contributed by atoms with Crippen LogP contribution in [0.5, 0.6) is 0 Å². The molecule has 0 atom stereocenters. The molecule has 2 heterocycles. The predicted molar refractivity (Wildman–Crippen MR) is 139 cm³/mol. The summed E-state index contributed by atoms with van der Waals surface area (Å²) in [6.07, 6.45) is 0. The number of ether oxygens (including phenoxy) is 1. The molecule has 0 N–H and O–H groups in total. The summed E-state index contributed by atoms with van der Waals surface area (Å²) in [7, 11) is 0. The Morgan fingerprint density at radius 3 is 1.94 bits per heavy atom. The Morgan fingerprint density at radius 1 is 0.771 bits per heavy atom. The highest BCUT2D eigenvalue weighted by Gasteiger charge is 2.17. The molecule has 0 spiro atoms. The zero-order chi connectivity index (χ0) is 24.4. The molecular formula is C29H22N2O3S. The van der Waals surface area contributed by atoms with Crippen molar-refractivity contribution in [1.82, 2.24) is 9.97 Å². The van der Waals surface area contributed by atoms with Crippen LogP contribution in [0, 0.1) is 13.8 Å². The van der Waals surface area contributed by atoms with E-state index in [0.29, 0.717) is 21.5 Å². The van der Waals surface area contributed by atoms with E-state index in [2.05, 4.69) is 12.1 Å². The fourth-order valence-electron chi connectivity index (χ4n) is 3.73. The summed E-state index contributed by atoms with van der Waals surface area (Å²) >= 11 is 1.32. The second-order valence-corrected chi connectivity index (χ2v) is 9.28. The second-order valence-electron chi connectivity index (χ2n) is 8.33. The largest absolute Gasteiger partial charge is 0.454 e. The minimum atomic E-state index is -0.571. The van der Waals surface area contributed by atoms with Crippen LogP contribution in [0.3, 0.4) is 0 Å². The number of carbonyl (C=O) groups excluding carboxylic acids is 2. The molecule has 0 unspecified atom stereocenters. The Balaban J connectivity index is 1.52. The number of nitrogens with zero attached hydrogens (tertiary/aromatic N) is 2. The van der Waals surface area contributed by atoms with E-state index in [9.17, 15) is 9.59 Å². The number of thiophene rings is 1. The number of carbonyl (C=O) groups is 2. The van der Waals surface area contributed by atoms with Crippen LogP contribution in [0.4, 0.5) is 0 Å². The maximum atomic E-state index is 12.7. The topological polar surface area (TPSA) is 69.2 Å². The van der Waals surface area contributed by atoms with Crippen molar-refractivity contribution in [1.29, 1.82) is 0 Å². The van der Waals surface area contributed by atoms with Crippen LogP contribution in [0.15, 0.2) is 84.2 Å². The van der Waals surface area contributed by atoms with Crippen LogP contribution in [-0.4, -0.2) is 28.3 Å². The van der Waals surface area contributed by atoms with Crippen molar-refractivity contribution in [2.75, 3.05) is 6.61 Å². The van der Waals surface area contributed by atoms with Crippen LogP contribution in [0.2, 0.25) is 0 Å². The van der Waals surface area contributed by atoms with Crippen molar-refractivity contribution in [3.63, 3.8) is 0 Å². The molecule has 0 fully saturated rings. The molecule has 0 aliphatic heterocycles. The number of ketones is 1. The SMILES string of the molecule is Cc1ccc(-c2nc3ccc(C(=O)OCC(=O)c4cccs4)cc3nc2-c2ccc(C)cc2)cc1. The van der Waals surface area contributed by atoms with Gasteiger partial charge in [-0.05, 0) is 43.5 Å². The first-order valence-corrected chi connectivity index (χ1v) is 12.1. The molecule has 5 rings (SSSR count). The molecule has 5 aromatic rings. The number of rotatable bonds is 6. The van der Waals surface area contributed by atoms with E-state index in [4.69, 9.17) is 14.7 Å². The van der Waals surface area contributed by atoms with Gasteiger partial charge in [0.25, 0.3) is 0 Å². The number of benzene rings is 3. The molecule has 172 valence electrons. The smallest absolute Gasteiger partial charge is 0.338 e. The Labute approximate surface area is 207 Å². The van der Waals surface area contributed by atoms with Gasteiger partial charge in [0.2, 0.25) is 5.78 Å². The van der Waals surface area contributed by atoms with Crippen molar-refractivity contribution in [2.24, 2.45) is 0 Å². The van der Waals surface area contributed by atoms with Gasteiger partial charge in [-0.15, -0.1) is 11.3 Å². The van der Waals surface area contributed by atoms with E-state index in [0.717, 1.165) is 28.1 Å². The third-order valence-electron chi connectivity index (χ3n) is 5.68. The number of hydrogen-bond donors (Lipinski definition) is 0. The maximum Gasteiger partial charge on any atom is 0.338 e. The van der Waals surface area contributed by atoms with Gasteiger partial charge in [-0.2, -0.15) is 0 Å². The van der Waals surface area contributed by atoms with Gasteiger partial charge in [-0.25, -0.2) is 14.8 Å². The summed E-state index contributed by atoms with van der Waals surface area (Å²) in [4.78, 5) is 35.2. The van der Waals surface area contributed by atoms with E-state index in [1.165, 1.54) is 16.9 Å². The van der Waals surface area contributed by atoms with Gasteiger partial charge in [0.1, 0.15) is 0 Å². The third kappa shape index (κ3) is 4.88. The first-order valence-electron chi connectivity index (χ1n) is 11.2. The summed E-state index contributed by atoms with van der Waals surface area (Å²) in [5, 5.41) is 1.81. The van der Waals surface area contributed by atoms with E-state index in [1.54, 1.807) is 30.3 Å². The molecule has 0 radical (unpaired) electrons. The highest BCUT2D eigenvalue weighted by molar-refractivity contribution is 7.12. The molecule has 6 heteroatoms. The van der Waals surface area contributed by atoms with E-state index in [1.807, 2.05) is 55.6 Å². The van der Waals surface area contributed by atoms with Crippen LogP contribution >= 0.6 is 11.3 Å². The summed E-state index contributed by atoms with van der Waals surface area (Å²) in [6, 6.07) is 24.9. The van der Waals surface area contributed by atoms with Gasteiger partial charge in [-0.1, -0.05) is 65.7 Å². The van der Waals surface area contributed by atoms with Crippen molar-refractivity contribution in [3.05, 3.63) is 106 Å². The molecule has 0 bridgehead atoms. The maximum absolute atomic E-state index is 12.7. The zero-order valence-corrected chi connectivity index (χ0v) is 20.1. The fraction of sp³-hybridized carbons (Fsp3) is 0.103. The quantitative estimate of drug-likeness (QED) is 0.201. The lowest BCUT2D eigenvalue weighted by molar-refractivity contribution is 0.0476. The molecule has 0 aliphatic rings. The number of aryl methyl sites for hydroxylation is 2. The van der Waals surface area contributed by atoms with Gasteiger partial charge < -0.3 is 4.74 Å². The number of aromatic nitrogens is 2. The Morgan fingerprint density at radius 2 is 1.37 bits per heavy atom. The fourth-order valence-corrected chi connectivity index (χ4v) is 4.38. The lowest BCUT2D eigenvalue weighted by Gasteiger charge is -2.12. The van der Waals surface area contributed by atoms with E-state index in [-0.39, 0.29) is 12.4 Å². The predicted octanol–water partition coefficient (Wildman–Crippen LogP) is 6.68. The summed E-state index contributed by atoms with van der Waals surface area (Å²) < 4.78 is 5.26. The van der Waals surface area contributed by atoms with Crippen LogP contribution in [-0.2, 0) is 4.74 Å². The lowest BCUT2D eigenvalue weighted by Crippen LogP contribution is -2.13. The molecule has 0 saturated carbocycles. The molecule has 0 saturated heterocycles. The Kier molecular flexibility index (Phi) is 6.21. The summed E-state index contributed by atoms with van der Waals surface area (Å²) in [6.45, 7) is 3.78. The zero-order valence-electron chi connectivity index (χ0n) is 19.3. The van der Waals surface area contributed by atoms with Crippen LogP contribution < -0.4 is 0 Å². The molecule has 3 aromatic carbocycles. The molecule has 0 amide bonds. The van der Waals surface area contributed by atoms with Gasteiger partial charge in [0.15, 0.2) is 6.61 Å². The highest BCUT2D eigenvalue weighted by Crippen LogP contribution is 2.31. The van der Waals surface area contributed by atoms with Crippen molar-refractivity contribution < 1.29 is 14.3 Å². The average Bonchev–Trinajstić information content (AvgIpc) is 3.42. The summed E-state index contributed by atoms with van der Waals surface area (Å²) in [5.41, 5.74) is 7.31. The van der Waals surface area contributed by atoms with Gasteiger partial charge >= 0.3 is 5.97 Å². The molecule has 2 aromatic heterocycles. The highest BCUT2D eigenvalue weighted by atomic mass is 32.1. The first-order chi connectivity index (χ1) is 17.0. The van der Waals surface area contributed by atoms with E-state index >= 15 is 0 Å². The standard InChI is InChI=1S/C29H22N2O3S/c1-18-5-9-20(10-6-18)27-28(21-11-7-19(2)8-12-21)31-24-16-22(13-14-23(24)30-27)29(33)34-17-25(32)26-4-3-15-35-26/h3-16H,17H2,1-2H3. The van der Waals surface area contributed by atoms with Gasteiger partial charge in [0.05, 0.1) is 32.9 Å². The lowest BCUT2D eigenvalue weighted by atomic mass is 10.0. The van der Waals surface area contributed by atoms with Crippen molar-refractivity contribution in [2.45, 2.75) is 13.8 Å². The average molecular weight is 479 g/mol. The Bertz CT molecular complexity index is 1520. The molecule has 0 aliphatic carbocycles. The van der Waals surface area contributed by atoms with E-state index < -0.39 is 5.97 Å². The van der Waals surface area contributed by atoms with Crippen LogP contribution in [0.1, 0.15) is 31.2 Å². The second kappa shape index (κ2) is 9.60. The third-order valence-corrected chi connectivity index (χ3v) is 6.59. The number of Topliss-reactive ketones (excluding diaryl/α,β-unsaturated/α-hetero) is 1. The molecule has 35 heavy (non-hydrogen) atoms. The Hall–Kier alpha value is -4.16. The number of esters is 1. The van der Waals surface area contributed by atoms with Gasteiger partial charge in [0, 0.05) is 11.1 Å².